The van der Waals surface area contributed by atoms with Crippen LogP contribution in [0.2, 0.25) is 0 Å². The van der Waals surface area contributed by atoms with Gasteiger partial charge in [-0.25, -0.2) is 4.98 Å². The van der Waals surface area contributed by atoms with E-state index in [0.717, 1.165) is 37.7 Å². The third-order valence-corrected chi connectivity index (χ3v) is 3.27. The monoisotopic (exact) mass is 265 g/mol. The molecule has 19 heavy (non-hydrogen) atoms. The highest BCUT2D eigenvalue weighted by Gasteiger charge is 2.20. The van der Waals surface area contributed by atoms with Crippen molar-refractivity contribution in [3.05, 3.63) is 12.3 Å². The molecule has 2 N–H and O–H groups in total. The van der Waals surface area contributed by atoms with Gasteiger partial charge in [0.05, 0.1) is 12.7 Å². The second-order valence-electron chi connectivity index (χ2n) is 4.96. The summed E-state index contributed by atoms with van der Waals surface area (Å²) in [6, 6.07) is 1.97. The minimum absolute atomic E-state index is 0.343. The van der Waals surface area contributed by atoms with Crippen LogP contribution in [0.15, 0.2) is 12.3 Å². The summed E-state index contributed by atoms with van der Waals surface area (Å²) in [5.74, 6) is 1.75. The Balaban J connectivity index is 1.92. The number of hydrogen-bond donors (Lipinski definition) is 1. The van der Waals surface area contributed by atoms with Crippen LogP contribution in [0.5, 0.6) is 0 Å². The largest absolute Gasteiger partial charge is 0.377 e. The van der Waals surface area contributed by atoms with Gasteiger partial charge < -0.3 is 20.3 Å². The molecule has 2 heterocycles. The highest BCUT2D eigenvalue weighted by molar-refractivity contribution is 5.43. The van der Waals surface area contributed by atoms with Gasteiger partial charge in [-0.2, -0.15) is 4.98 Å². The van der Waals surface area contributed by atoms with E-state index in [1.54, 1.807) is 0 Å². The minimum atomic E-state index is 0.343. The minimum Gasteiger partial charge on any atom is -0.377 e. The lowest BCUT2D eigenvalue weighted by molar-refractivity contribution is 0.0421. The lowest BCUT2D eigenvalue weighted by Gasteiger charge is -2.32. The number of nitrogens with two attached hydrogens (primary N) is 1. The standard InChI is InChI=1S/C13H23N5O/c1-17(2)13-15-7-3-12(16-13)18-8-4-11(5-9-18)19-10-6-14/h3,7,11H,4-6,8-10,14H2,1-2H3. The van der Waals surface area contributed by atoms with E-state index in [1.165, 1.54) is 0 Å². The molecule has 0 aromatic carbocycles. The summed E-state index contributed by atoms with van der Waals surface area (Å²) < 4.78 is 5.69. The Kier molecular flexibility index (Phi) is 4.93. The third kappa shape index (κ3) is 3.78. The summed E-state index contributed by atoms with van der Waals surface area (Å²) in [7, 11) is 3.90. The molecule has 6 nitrogen and oxygen atoms in total. The van der Waals surface area contributed by atoms with Crippen molar-refractivity contribution in [2.45, 2.75) is 18.9 Å². The zero-order valence-corrected chi connectivity index (χ0v) is 11.7. The predicted molar refractivity (Wildman–Crippen MR) is 76.6 cm³/mol. The molecule has 1 fully saturated rings. The molecule has 0 saturated carbocycles. The number of nitrogens with zero attached hydrogens (tertiary/aromatic N) is 4. The summed E-state index contributed by atoms with van der Waals surface area (Å²) in [5, 5.41) is 0. The topological polar surface area (TPSA) is 67.5 Å². The number of hydrogen-bond acceptors (Lipinski definition) is 6. The van der Waals surface area contributed by atoms with E-state index < -0.39 is 0 Å². The first-order chi connectivity index (χ1) is 9.20. The molecule has 0 unspecified atom stereocenters. The van der Waals surface area contributed by atoms with Gasteiger partial charge in [0.25, 0.3) is 0 Å². The van der Waals surface area contributed by atoms with Crippen molar-refractivity contribution in [3.8, 4) is 0 Å². The zero-order chi connectivity index (χ0) is 13.7. The first-order valence-corrected chi connectivity index (χ1v) is 6.77. The molecule has 1 aromatic rings. The van der Waals surface area contributed by atoms with Gasteiger partial charge >= 0.3 is 0 Å². The summed E-state index contributed by atoms with van der Waals surface area (Å²) in [4.78, 5) is 13.0. The van der Waals surface area contributed by atoms with Crippen LogP contribution in [0.1, 0.15) is 12.8 Å². The third-order valence-electron chi connectivity index (χ3n) is 3.27. The van der Waals surface area contributed by atoms with Gasteiger partial charge in [-0.1, -0.05) is 0 Å². The van der Waals surface area contributed by atoms with Crippen LogP contribution in [0.3, 0.4) is 0 Å². The maximum atomic E-state index is 5.69. The molecule has 6 heteroatoms. The summed E-state index contributed by atoms with van der Waals surface area (Å²) in [5.41, 5.74) is 5.45. The van der Waals surface area contributed by atoms with E-state index in [0.29, 0.717) is 19.3 Å². The first-order valence-electron chi connectivity index (χ1n) is 6.77. The van der Waals surface area contributed by atoms with E-state index >= 15 is 0 Å². The molecule has 1 saturated heterocycles. The van der Waals surface area contributed by atoms with Crippen molar-refractivity contribution in [1.29, 1.82) is 0 Å². The molecule has 0 spiro atoms. The lowest BCUT2D eigenvalue weighted by Crippen LogP contribution is -2.38. The van der Waals surface area contributed by atoms with Crippen LogP contribution in [0.25, 0.3) is 0 Å². The SMILES string of the molecule is CN(C)c1nccc(N2CCC(OCCN)CC2)n1. The van der Waals surface area contributed by atoms with Crippen molar-refractivity contribution < 1.29 is 4.74 Å². The Morgan fingerprint density at radius 1 is 1.42 bits per heavy atom. The van der Waals surface area contributed by atoms with Gasteiger partial charge in [0.2, 0.25) is 5.95 Å². The van der Waals surface area contributed by atoms with Gasteiger partial charge in [0.1, 0.15) is 5.82 Å². The van der Waals surface area contributed by atoms with Gasteiger partial charge in [-0.15, -0.1) is 0 Å². The van der Waals surface area contributed by atoms with E-state index in [9.17, 15) is 0 Å². The number of anilines is 2. The van der Waals surface area contributed by atoms with Gasteiger partial charge in [-0.05, 0) is 18.9 Å². The fraction of sp³-hybridized carbons (Fsp3) is 0.692. The Morgan fingerprint density at radius 3 is 2.79 bits per heavy atom. The lowest BCUT2D eigenvalue weighted by atomic mass is 10.1. The highest BCUT2D eigenvalue weighted by atomic mass is 16.5. The van der Waals surface area contributed by atoms with Crippen molar-refractivity contribution in [2.24, 2.45) is 5.73 Å². The quantitative estimate of drug-likeness (QED) is 0.835. The van der Waals surface area contributed by atoms with Crippen molar-refractivity contribution in [2.75, 3.05) is 50.1 Å². The number of ether oxygens (including phenoxy) is 1. The van der Waals surface area contributed by atoms with Crippen LogP contribution < -0.4 is 15.5 Å². The number of aromatic nitrogens is 2. The number of rotatable bonds is 5. The highest BCUT2D eigenvalue weighted by Crippen LogP contribution is 2.20. The molecule has 1 aliphatic rings. The summed E-state index contributed by atoms with van der Waals surface area (Å²) in [6.45, 7) is 3.19. The molecule has 0 radical (unpaired) electrons. The van der Waals surface area contributed by atoms with Gasteiger partial charge in [0.15, 0.2) is 0 Å². The zero-order valence-electron chi connectivity index (χ0n) is 11.7. The molecule has 0 amide bonds. The van der Waals surface area contributed by atoms with Crippen molar-refractivity contribution in [1.82, 2.24) is 9.97 Å². The average molecular weight is 265 g/mol. The Morgan fingerprint density at radius 2 is 2.16 bits per heavy atom. The average Bonchev–Trinajstić information content (AvgIpc) is 2.46. The molecule has 0 bridgehead atoms. The molecule has 106 valence electrons. The fourth-order valence-corrected chi connectivity index (χ4v) is 2.22. The summed E-state index contributed by atoms with van der Waals surface area (Å²) in [6.07, 6.45) is 4.21. The molecule has 1 aliphatic heterocycles. The molecule has 1 aromatic heterocycles. The van der Waals surface area contributed by atoms with Crippen LogP contribution in [-0.4, -0.2) is 56.4 Å². The smallest absolute Gasteiger partial charge is 0.226 e. The first kappa shape index (κ1) is 14.0. The fourth-order valence-electron chi connectivity index (χ4n) is 2.22. The van der Waals surface area contributed by atoms with E-state index in [1.807, 2.05) is 31.3 Å². The number of piperidine rings is 1. The van der Waals surface area contributed by atoms with E-state index in [2.05, 4.69) is 14.9 Å². The summed E-state index contributed by atoms with van der Waals surface area (Å²) >= 11 is 0. The van der Waals surface area contributed by atoms with Crippen molar-refractivity contribution in [3.63, 3.8) is 0 Å². The molecular weight excluding hydrogens is 242 g/mol. The normalized spacial score (nSPS) is 16.7. The molecule has 0 atom stereocenters. The molecular formula is C13H23N5O. The van der Waals surface area contributed by atoms with Crippen LogP contribution in [-0.2, 0) is 4.74 Å². The molecule has 2 rings (SSSR count). The van der Waals surface area contributed by atoms with Gasteiger partial charge in [-0.3, -0.25) is 0 Å². The Hall–Kier alpha value is -1.40. The maximum absolute atomic E-state index is 5.69. The predicted octanol–water partition coefficient (Wildman–Crippen LogP) is 0.487. The van der Waals surface area contributed by atoms with E-state index in [-0.39, 0.29) is 0 Å². The van der Waals surface area contributed by atoms with E-state index in [4.69, 9.17) is 10.5 Å². The van der Waals surface area contributed by atoms with Crippen molar-refractivity contribution >= 4 is 11.8 Å². The Labute approximate surface area is 114 Å². The second-order valence-corrected chi connectivity index (χ2v) is 4.96. The molecule has 0 aliphatic carbocycles. The maximum Gasteiger partial charge on any atom is 0.226 e. The van der Waals surface area contributed by atoms with Gasteiger partial charge in [0, 0.05) is 39.9 Å². The van der Waals surface area contributed by atoms with Crippen LogP contribution >= 0.6 is 0 Å². The van der Waals surface area contributed by atoms with Crippen LogP contribution in [0.4, 0.5) is 11.8 Å². The second kappa shape index (κ2) is 6.68. The Bertz CT molecular complexity index is 390. The van der Waals surface area contributed by atoms with Crippen LogP contribution in [0, 0.1) is 0 Å².